The molecule has 32 heavy (non-hydrogen) atoms. The highest BCUT2D eigenvalue weighted by atomic mass is 79.9. The van der Waals surface area contributed by atoms with Crippen LogP contribution in [0.25, 0.3) is 0 Å². The topological polar surface area (TPSA) is 78.9 Å². The van der Waals surface area contributed by atoms with Gasteiger partial charge in [0.05, 0.1) is 6.61 Å². The summed E-state index contributed by atoms with van der Waals surface area (Å²) < 4.78 is 34.5. The first-order valence-electron chi connectivity index (χ1n) is 11.2. The first kappa shape index (κ1) is 23.3. The van der Waals surface area contributed by atoms with E-state index in [1.165, 1.54) is 23.6 Å². The predicted octanol–water partition coefficient (Wildman–Crippen LogP) is 3.45. The Labute approximate surface area is 198 Å². The summed E-state index contributed by atoms with van der Waals surface area (Å²) in [4.78, 5) is 14.1. The zero-order valence-corrected chi connectivity index (χ0v) is 21.0. The largest absolute Gasteiger partial charge is 0.492 e. The van der Waals surface area contributed by atoms with Gasteiger partial charge in [-0.05, 0) is 51.3 Å². The Bertz CT molecular complexity index is 1050. The van der Waals surface area contributed by atoms with Crippen molar-refractivity contribution < 1.29 is 13.2 Å². The summed E-state index contributed by atoms with van der Waals surface area (Å²) >= 11 is 3.38. The van der Waals surface area contributed by atoms with Gasteiger partial charge in [0.15, 0.2) is 0 Å². The summed E-state index contributed by atoms with van der Waals surface area (Å²) in [5, 5.41) is 0. The molecule has 0 unspecified atom stereocenters. The van der Waals surface area contributed by atoms with Crippen LogP contribution in [0.1, 0.15) is 31.9 Å². The molecule has 10 heteroatoms. The lowest BCUT2D eigenvalue weighted by Crippen LogP contribution is -2.49. The van der Waals surface area contributed by atoms with E-state index in [0.717, 1.165) is 24.6 Å². The third kappa shape index (κ3) is 5.02. The second-order valence-electron chi connectivity index (χ2n) is 8.13. The quantitative estimate of drug-likeness (QED) is 0.573. The minimum absolute atomic E-state index is 0.196. The Balaban J connectivity index is 1.50. The van der Waals surface area contributed by atoms with E-state index >= 15 is 0 Å². The number of piperazine rings is 1. The van der Waals surface area contributed by atoms with Crippen LogP contribution in [-0.2, 0) is 10.0 Å². The summed E-state index contributed by atoms with van der Waals surface area (Å²) in [6.45, 7) is 8.11. The number of halogens is 1. The summed E-state index contributed by atoms with van der Waals surface area (Å²) in [5.41, 5.74) is 0.932. The number of sulfonamides is 1. The Hall–Kier alpha value is -1.91. The molecule has 2 saturated heterocycles. The molecule has 2 fully saturated rings. The van der Waals surface area contributed by atoms with E-state index in [0.29, 0.717) is 49.0 Å². The van der Waals surface area contributed by atoms with Crippen LogP contribution in [-0.4, -0.2) is 68.6 Å². The second kappa shape index (κ2) is 9.93. The number of ether oxygens (including phenoxy) is 1. The van der Waals surface area contributed by atoms with Gasteiger partial charge >= 0.3 is 0 Å². The van der Waals surface area contributed by atoms with Crippen LogP contribution in [0.4, 0.5) is 11.8 Å². The lowest BCUT2D eigenvalue weighted by molar-refractivity contribution is 0.327. The molecule has 0 radical (unpaired) electrons. The fourth-order valence-electron chi connectivity index (χ4n) is 4.19. The average Bonchev–Trinajstić information content (AvgIpc) is 2.80. The number of benzene rings is 1. The number of hydrogen-bond donors (Lipinski definition) is 0. The van der Waals surface area contributed by atoms with E-state index in [2.05, 4.69) is 30.7 Å². The summed E-state index contributed by atoms with van der Waals surface area (Å²) in [7, 11) is -3.67. The minimum atomic E-state index is -3.67. The van der Waals surface area contributed by atoms with E-state index < -0.39 is 10.0 Å². The zero-order valence-electron chi connectivity index (χ0n) is 18.6. The SMILES string of the molecule is CCOc1ccc(Br)cc1S(=O)(=O)N1CCN(c2nc(C)cc(N3CCCCC3)n2)CC1. The van der Waals surface area contributed by atoms with Gasteiger partial charge in [0.1, 0.15) is 16.5 Å². The molecule has 1 aromatic heterocycles. The number of hydrogen-bond acceptors (Lipinski definition) is 7. The van der Waals surface area contributed by atoms with Crippen molar-refractivity contribution in [1.29, 1.82) is 0 Å². The lowest BCUT2D eigenvalue weighted by atomic mass is 10.1. The smallest absolute Gasteiger partial charge is 0.246 e. The standard InChI is InChI=1S/C22H30BrN5O3S/c1-3-31-19-8-7-18(23)16-20(19)32(29,30)28-13-11-27(12-14-28)22-24-17(2)15-21(25-22)26-9-5-4-6-10-26/h7-8,15-16H,3-6,9-14H2,1-2H3. The van der Waals surface area contributed by atoms with Crippen molar-refractivity contribution in [1.82, 2.24) is 14.3 Å². The maximum Gasteiger partial charge on any atom is 0.246 e. The fourth-order valence-corrected chi connectivity index (χ4v) is 6.28. The van der Waals surface area contributed by atoms with E-state index in [1.807, 2.05) is 19.9 Å². The third-order valence-corrected chi connectivity index (χ3v) is 8.27. The van der Waals surface area contributed by atoms with Crippen molar-refractivity contribution in [3.63, 3.8) is 0 Å². The highest BCUT2D eigenvalue weighted by Gasteiger charge is 2.32. The highest BCUT2D eigenvalue weighted by Crippen LogP contribution is 2.31. The normalized spacial score (nSPS) is 18.1. The van der Waals surface area contributed by atoms with Crippen molar-refractivity contribution in [2.75, 3.05) is 55.7 Å². The van der Waals surface area contributed by atoms with Crippen LogP contribution < -0.4 is 14.5 Å². The van der Waals surface area contributed by atoms with Gasteiger partial charge in [-0.2, -0.15) is 9.29 Å². The number of piperidine rings is 1. The third-order valence-electron chi connectivity index (χ3n) is 5.85. The molecule has 0 aliphatic carbocycles. The molecule has 8 nitrogen and oxygen atoms in total. The number of anilines is 2. The zero-order chi connectivity index (χ0) is 22.7. The fraction of sp³-hybridized carbons (Fsp3) is 0.545. The summed E-state index contributed by atoms with van der Waals surface area (Å²) in [6.07, 6.45) is 3.65. The van der Waals surface area contributed by atoms with E-state index in [4.69, 9.17) is 9.72 Å². The molecule has 0 atom stereocenters. The van der Waals surface area contributed by atoms with Gasteiger partial charge in [-0.25, -0.2) is 13.4 Å². The van der Waals surface area contributed by atoms with Gasteiger partial charge in [0.2, 0.25) is 16.0 Å². The van der Waals surface area contributed by atoms with Crippen molar-refractivity contribution in [3.05, 3.63) is 34.4 Å². The maximum atomic E-state index is 13.4. The van der Waals surface area contributed by atoms with E-state index in [-0.39, 0.29) is 4.90 Å². The highest BCUT2D eigenvalue weighted by molar-refractivity contribution is 9.10. The number of aromatic nitrogens is 2. The number of rotatable bonds is 6. The molecule has 2 aliphatic rings. The average molecular weight is 524 g/mol. The van der Waals surface area contributed by atoms with Gasteiger partial charge < -0.3 is 14.5 Å². The number of aryl methyl sites for hydroxylation is 1. The van der Waals surface area contributed by atoms with Crippen molar-refractivity contribution in [3.8, 4) is 5.75 Å². The Kier molecular flexibility index (Phi) is 7.21. The van der Waals surface area contributed by atoms with Crippen molar-refractivity contribution in [2.24, 2.45) is 0 Å². The maximum absolute atomic E-state index is 13.4. The van der Waals surface area contributed by atoms with Crippen LogP contribution in [0.2, 0.25) is 0 Å². The van der Waals surface area contributed by atoms with E-state index in [1.54, 1.807) is 18.2 Å². The molecule has 2 aliphatic heterocycles. The van der Waals surface area contributed by atoms with E-state index in [9.17, 15) is 8.42 Å². The van der Waals surface area contributed by atoms with Gasteiger partial charge in [-0.1, -0.05) is 15.9 Å². The van der Waals surface area contributed by atoms with Crippen molar-refractivity contribution in [2.45, 2.75) is 38.0 Å². The van der Waals surface area contributed by atoms with Gasteiger partial charge in [-0.3, -0.25) is 0 Å². The first-order valence-corrected chi connectivity index (χ1v) is 13.4. The molecule has 0 saturated carbocycles. The molecular formula is C22H30BrN5O3S. The van der Waals surface area contributed by atoms with Crippen molar-refractivity contribution >= 4 is 37.7 Å². The van der Waals surface area contributed by atoms with Crippen LogP contribution in [0.15, 0.2) is 33.6 Å². The molecular weight excluding hydrogens is 494 g/mol. The molecule has 2 aromatic rings. The van der Waals surface area contributed by atoms with Gasteiger partial charge in [-0.15, -0.1) is 0 Å². The molecule has 0 bridgehead atoms. The summed E-state index contributed by atoms with van der Waals surface area (Å²) in [6, 6.07) is 7.13. The molecule has 0 amide bonds. The Morgan fingerprint density at radius 3 is 2.38 bits per heavy atom. The second-order valence-corrected chi connectivity index (χ2v) is 11.0. The van der Waals surface area contributed by atoms with Crippen LogP contribution in [0, 0.1) is 6.92 Å². The van der Waals surface area contributed by atoms with Gasteiger partial charge in [0, 0.05) is 55.5 Å². The Morgan fingerprint density at radius 1 is 0.969 bits per heavy atom. The molecule has 1 aromatic carbocycles. The molecule has 0 spiro atoms. The minimum Gasteiger partial charge on any atom is -0.492 e. The summed E-state index contributed by atoms with van der Waals surface area (Å²) in [5.74, 6) is 2.03. The molecule has 174 valence electrons. The Morgan fingerprint density at radius 2 is 1.69 bits per heavy atom. The molecule has 3 heterocycles. The monoisotopic (exact) mass is 523 g/mol. The van der Waals surface area contributed by atoms with Gasteiger partial charge in [0.25, 0.3) is 0 Å². The lowest BCUT2D eigenvalue weighted by Gasteiger charge is -2.35. The molecule has 4 rings (SSSR count). The van der Waals surface area contributed by atoms with Crippen LogP contribution >= 0.6 is 15.9 Å². The predicted molar refractivity (Wildman–Crippen MR) is 129 cm³/mol. The first-order chi connectivity index (χ1) is 15.4. The van der Waals surface area contributed by atoms with Crippen LogP contribution in [0.5, 0.6) is 5.75 Å². The van der Waals surface area contributed by atoms with Crippen LogP contribution in [0.3, 0.4) is 0 Å². The number of nitrogens with zero attached hydrogens (tertiary/aromatic N) is 5. The molecule has 0 N–H and O–H groups in total.